The van der Waals surface area contributed by atoms with Crippen LogP contribution in [0.3, 0.4) is 0 Å². The molecule has 0 radical (unpaired) electrons. The Morgan fingerprint density at radius 1 is 1.33 bits per heavy atom. The number of aromatic nitrogens is 1. The van der Waals surface area contributed by atoms with E-state index < -0.39 is 29.4 Å². The summed E-state index contributed by atoms with van der Waals surface area (Å²) in [5.74, 6) is -2.73. The molecule has 0 amide bonds. The van der Waals surface area contributed by atoms with Gasteiger partial charge in [0.2, 0.25) is 5.95 Å². The first-order valence-corrected chi connectivity index (χ1v) is 2.91. The third-order valence-corrected chi connectivity index (χ3v) is 1.26. The lowest BCUT2D eigenvalue weighted by Crippen LogP contribution is -2.02. The lowest BCUT2D eigenvalue weighted by molar-refractivity contribution is 0.145. The second-order valence-electron chi connectivity index (χ2n) is 2.03. The average Bonchev–Trinajstić information content (AvgIpc) is 2.00. The molecule has 1 rings (SSSR count). The minimum atomic E-state index is -3.04. The molecule has 12 heavy (non-hydrogen) atoms. The van der Waals surface area contributed by atoms with Gasteiger partial charge in [-0.1, -0.05) is 0 Å². The first kappa shape index (κ1) is 8.76. The lowest BCUT2D eigenvalue weighted by Gasteiger charge is -2.03. The summed E-state index contributed by atoms with van der Waals surface area (Å²) in [6, 6.07) is 0. The monoisotopic (exact) mass is 180 g/mol. The summed E-state index contributed by atoms with van der Waals surface area (Å²) in [5.41, 5.74) is 2.80. The molecule has 0 atom stereocenters. The summed E-state index contributed by atoms with van der Waals surface area (Å²) in [5, 5.41) is 0. The predicted octanol–water partition coefficient (Wildman–Crippen LogP) is 1.88. The summed E-state index contributed by atoms with van der Waals surface area (Å²) >= 11 is 0. The molecule has 2 N–H and O–H groups in total. The Hall–Kier alpha value is -1.33. The number of nitrogen functional groups attached to an aromatic ring is 1. The van der Waals surface area contributed by atoms with Crippen LogP contribution in [0.1, 0.15) is 12.0 Å². The summed E-state index contributed by atoms with van der Waals surface area (Å²) in [6.07, 6.45) is -2.62. The first-order chi connectivity index (χ1) is 5.54. The molecule has 0 fully saturated rings. The van der Waals surface area contributed by atoms with Crippen LogP contribution in [-0.4, -0.2) is 4.98 Å². The zero-order chi connectivity index (χ0) is 9.30. The molecule has 0 saturated carbocycles. The van der Waals surface area contributed by atoms with Gasteiger partial charge in [-0.25, -0.2) is 18.2 Å². The van der Waals surface area contributed by atoms with Crippen molar-refractivity contribution in [2.75, 3.05) is 5.73 Å². The Labute approximate surface area is 65.0 Å². The molecule has 0 aliphatic heterocycles. The van der Waals surface area contributed by atoms with Gasteiger partial charge in [-0.15, -0.1) is 0 Å². The van der Waals surface area contributed by atoms with E-state index >= 15 is 0 Å². The SMILES string of the molecule is Nc1c(F)ncc(C(F)F)c1F. The van der Waals surface area contributed by atoms with Crippen molar-refractivity contribution in [2.24, 2.45) is 0 Å². The molecule has 0 aliphatic carbocycles. The summed E-state index contributed by atoms with van der Waals surface area (Å²) < 4.78 is 48.7. The molecule has 6 heteroatoms. The maximum atomic E-state index is 12.6. The predicted molar refractivity (Wildman–Crippen MR) is 33.5 cm³/mol. The van der Waals surface area contributed by atoms with Gasteiger partial charge in [-0.3, -0.25) is 0 Å². The molecule has 1 aromatic heterocycles. The second kappa shape index (κ2) is 2.96. The molecule has 2 nitrogen and oxygen atoms in total. The van der Waals surface area contributed by atoms with Crippen LogP contribution >= 0.6 is 0 Å². The average molecular weight is 180 g/mol. The zero-order valence-electron chi connectivity index (χ0n) is 5.69. The van der Waals surface area contributed by atoms with Crippen molar-refractivity contribution in [3.8, 4) is 0 Å². The molecular weight excluding hydrogens is 176 g/mol. The van der Waals surface area contributed by atoms with Gasteiger partial charge in [0.05, 0.1) is 5.56 Å². The molecule has 0 spiro atoms. The van der Waals surface area contributed by atoms with E-state index in [-0.39, 0.29) is 0 Å². The smallest absolute Gasteiger partial charge is 0.268 e. The van der Waals surface area contributed by atoms with Crippen LogP contribution < -0.4 is 5.73 Å². The molecule has 0 aromatic carbocycles. The molecule has 0 unspecified atom stereocenters. The lowest BCUT2D eigenvalue weighted by atomic mass is 10.2. The molecule has 0 bridgehead atoms. The normalized spacial score (nSPS) is 10.8. The molecule has 1 heterocycles. The Balaban J connectivity index is 3.27. The van der Waals surface area contributed by atoms with Gasteiger partial charge in [-0.05, 0) is 0 Å². The van der Waals surface area contributed by atoms with E-state index in [1.165, 1.54) is 0 Å². The highest BCUT2D eigenvalue weighted by molar-refractivity contribution is 5.41. The van der Waals surface area contributed by atoms with Crippen LogP contribution in [-0.2, 0) is 0 Å². The molecular formula is C6H4F4N2. The third kappa shape index (κ3) is 1.32. The standard InChI is InChI=1S/C6H4F4N2/c7-3-2(5(8)9)1-12-6(10)4(3)11/h1,5H,11H2. The van der Waals surface area contributed by atoms with Gasteiger partial charge in [0.1, 0.15) is 5.69 Å². The Bertz CT molecular complexity index is 300. The van der Waals surface area contributed by atoms with E-state index in [1.54, 1.807) is 0 Å². The van der Waals surface area contributed by atoms with Crippen molar-refractivity contribution in [2.45, 2.75) is 6.43 Å². The van der Waals surface area contributed by atoms with Crippen LogP contribution in [0.2, 0.25) is 0 Å². The fraction of sp³-hybridized carbons (Fsp3) is 0.167. The highest BCUT2D eigenvalue weighted by atomic mass is 19.3. The van der Waals surface area contributed by atoms with Crippen LogP contribution in [0.5, 0.6) is 0 Å². The summed E-state index contributed by atoms with van der Waals surface area (Å²) in [7, 11) is 0. The van der Waals surface area contributed by atoms with Crippen molar-refractivity contribution in [3.63, 3.8) is 0 Å². The number of nitrogens with zero attached hydrogens (tertiary/aromatic N) is 1. The number of hydrogen-bond donors (Lipinski definition) is 1. The van der Waals surface area contributed by atoms with E-state index in [0.717, 1.165) is 0 Å². The Morgan fingerprint density at radius 3 is 2.42 bits per heavy atom. The van der Waals surface area contributed by atoms with Crippen molar-refractivity contribution < 1.29 is 17.6 Å². The number of rotatable bonds is 1. The topological polar surface area (TPSA) is 38.9 Å². The van der Waals surface area contributed by atoms with Gasteiger partial charge in [0.25, 0.3) is 6.43 Å². The third-order valence-electron chi connectivity index (χ3n) is 1.26. The Kier molecular flexibility index (Phi) is 2.16. The first-order valence-electron chi connectivity index (χ1n) is 2.91. The number of pyridine rings is 1. The fourth-order valence-electron chi connectivity index (χ4n) is 0.651. The molecule has 0 aliphatic rings. The molecule has 66 valence electrons. The van der Waals surface area contributed by atoms with Gasteiger partial charge < -0.3 is 5.73 Å². The largest absolute Gasteiger partial charge is 0.393 e. The van der Waals surface area contributed by atoms with Gasteiger partial charge in [-0.2, -0.15) is 4.39 Å². The maximum absolute atomic E-state index is 12.6. The van der Waals surface area contributed by atoms with Gasteiger partial charge in [0, 0.05) is 6.20 Å². The number of halogens is 4. The minimum Gasteiger partial charge on any atom is -0.393 e. The van der Waals surface area contributed by atoms with E-state index in [2.05, 4.69) is 4.98 Å². The van der Waals surface area contributed by atoms with Crippen molar-refractivity contribution in [1.29, 1.82) is 0 Å². The number of hydrogen-bond acceptors (Lipinski definition) is 2. The van der Waals surface area contributed by atoms with Crippen molar-refractivity contribution >= 4 is 5.69 Å². The van der Waals surface area contributed by atoms with E-state index in [4.69, 9.17) is 5.73 Å². The van der Waals surface area contributed by atoms with Crippen molar-refractivity contribution in [3.05, 3.63) is 23.5 Å². The number of anilines is 1. The van der Waals surface area contributed by atoms with Crippen LogP contribution in [0.15, 0.2) is 6.20 Å². The maximum Gasteiger partial charge on any atom is 0.268 e. The minimum absolute atomic E-state index is 0.422. The van der Waals surface area contributed by atoms with E-state index in [9.17, 15) is 17.6 Å². The Morgan fingerprint density at radius 2 is 1.92 bits per heavy atom. The highest BCUT2D eigenvalue weighted by Crippen LogP contribution is 2.25. The van der Waals surface area contributed by atoms with Crippen LogP contribution in [0, 0.1) is 11.8 Å². The summed E-state index contributed by atoms with van der Waals surface area (Å²) in [4.78, 5) is 2.85. The second-order valence-corrected chi connectivity index (χ2v) is 2.03. The van der Waals surface area contributed by atoms with E-state index in [0.29, 0.717) is 6.20 Å². The van der Waals surface area contributed by atoms with Crippen LogP contribution in [0.4, 0.5) is 23.2 Å². The molecule has 1 aromatic rings. The highest BCUT2D eigenvalue weighted by Gasteiger charge is 2.18. The van der Waals surface area contributed by atoms with E-state index in [1.807, 2.05) is 0 Å². The van der Waals surface area contributed by atoms with Gasteiger partial charge in [0.15, 0.2) is 5.82 Å². The fourth-order valence-corrected chi connectivity index (χ4v) is 0.651. The van der Waals surface area contributed by atoms with Crippen LogP contribution in [0.25, 0.3) is 0 Å². The zero-order valence-corrected chi connectivity index (χ0v) is 5.69. The quantitative estimate of drug-likeness (QED) is 0.529. The number of nitrogens with two attached hydrogens (primary N) is 1. The summed E-state index contributed by atoms with van der Waals surface area (Å²) in [6.45, 7) is 0. The van der Waals surface area contributed by atoms with Gasteiger partial charge >= 0.3 is 0 Å². The van der Waals surface area contributed by atoms with Crippen molar-refractivity contribution in [1.82, 2.24) is 4.98 Å². The number of alkyl halides is 2. The molecule has 0 saturated heterocycles.